The van der Waals surface area contributed by atoms with Gasteiger partial charge in [0.1, 0.15) is 0 Å². The summed E-state index contributed by atoms with van der Waals surface area (Å²) in [6.45, 7) is 4.52. The van der Waals surface area contributed by atoms with Crippen LogP contribution in [-0.4, -0.2) is 0 Å². The van der Waals surface area contributed by atoms with Crippen LogP contribution < -0.4 is 0 Å². The highest BCUT2D eigenvalue weighted by atomic mass is 14.4. The molecule has 0 aromatic carbocycles. The van der Waals surface area contributed by atoms with Crippen LogP contribution in [0.15, 0.2) is 0 Å². The molecule has 0 radical (unpaired) electrons. The average molecular weight is 137 g/mol. The first-order valence-electron chi connectivity index (χ1n) is 4.10. The van der Waals surface area contributed by atoms with E-state index in [1.807, 2.05) is 0 Å². The molecule has 1 fully saturated rings. The van der Waals surface area contributed by atoms with E-state index in [-0.39, 0.29) is 0 Å². The highest BCUT2D eigenvalue weighted by Gasteiger charge is 2.33. The maximum atomic E-state index is 8.64. The van der Waals surface area contributed by atoms with Gasteiger partial charge in [0, 0.05) is 5.92 Å². The van der Waals surface area contributed by atoms with Crippen LogP contribution in [0.3, 0.4) is 0 Å². The van der Waals surface area contributed by atoms with Crippen molar-refractivity contribution in [3.8, 4) is 6.07 Å². The van der Waals surface area contributed by atoms with Crippen LogP contribution in [0.2, 0.25) is 0 Å². The van der Waals surface area contributed by atoms with Crippen LogP contribution in [0.25, 0.3) is 0 Å². The van der Waals surface area contributed by atoms with Crippen molar-refractivity contribution in [1.82, 2.24) is 0 Å². The van der Waals surface area contributed by atoms with Gasteiger partial charge in [-0.05, 0) is 24.7 Å². The van der Waals surface area contributed by atoms with Gasteiger partial charge in [-0.15, -0.1) is 0 Å². The smallest absolute Gasteiger partial charge is 0.0655 e. The molecule has 0 saturated heterocycles. The maximum absolute atomic E-state index is 8.64. The first-order chi connectivity index (χ1) is 4.70. The number of hydrogen-bond acceptors (Lipinski definition) is 1. The normalized spacial score (nSPS) is 39.5. The van der Waals surface area contributed by atoms with Gasteiger partial charge in [-0.25, -0.2) is 0 Å². The molecule has 0 N–H and O–H groups in total. The topological polar surface area (TPSA) is 23.8 Å². The number of hydrogen-bond donors (Lipinski definition) is 0. The molecule has 2 unspecified atom stereocenters. The van der Waals surface area contributed by atoms with Crippen LogP contribution >= 0.6 is 0 Å². The summed E-state index contributed by atoms with van der Waals surface area (Å²) in [7, 11) is 0. The van der Waals surface area contributed by atoms with E-state index in [9.17, 15) is 0 Å². The first kappa shape index (κ1) is 7.60. The monoisotopic (exact) mass is 137 g/mol. The quantitative estimate of drug-likeness (QED) is 0.545. The van der Waals surface area contributed by atoms with E-state index >= 15 is 0 Å². The van der Waals surface area contributed by atoms with Crippen molar-refractivity contribution in [3.63, 3.8) is 0 Å². The van der Waals surface area contributed by atoms with Gasteiger partial charge in [0.15, 0.2) is 0 Å². The summed E-state index contributed by atoms with van der Waals surface area (Å²) in [6, 6.07) is 2.35. The molecule has 1 aliphatic carbocycles. The summed E-state index contributed by atoms with van der Waals surface area (Å²) < 4.78 is 0. The van der Waals surface area contributed by atoms with Gasteiger partial charge in [-0.1, -0.05) is 20.3 Å². The molecule has 0 amide bonds. The van der Waals surface area contributed by atoms with Crippen molar-refractivity contribution in [1.29, 1.82) is 5.26 Å². The lowest BCUT2D eigenvalue weighted by Crippen LogP contribution is -2.09. The summed E-state index contributed by atoms with van der Waals surface area (Å²) in [6.07, 6.45) is 4.73. The minimum Gasteiger partial charge on any atom is -0.198 e. The van der Waals surface area contributed by atoms with Crippen molar-refractivity contribution < 1.29 is 0 Å². The lowest BCUT2D eigenvalue weighted by atomic mass is 9.85. The number of nitriles is 1. The largest absolute Gasteiger partial charge is 0.198 e. The molecular weight excluding hydrogens is 122 g/mol. The highest BCUT2D eigenvalue weighted by molar-refractivity contribution is 4.94. The molecule has 1 heteroatoms. The third-order valence-electron chi connectivity index (χ3n) is 2.87. The Morgan fingerprint density at radius 2 is 2.40 bits per heavy atom. The minimum atomic E-state index is 0.352. The maximum Gasteiger partial charge on any atom is 0.0655 e. The SMILES string of the molecule is CCC1(C)CCC(C#N)C1. The fourth-order valence-electron chi connectivity index (χ4n) is 1.75. The van der Waals surface area contributed by atoms with Crippen molar-refractivity contribution in [2.24, 2.45) is 11.3 Å². The van der Waals surface area contributed by atoms with Gasteiger partial charge < -0.3 is 0 Å². The molecule has 0 aromatic heterocycles. The van der Waals surface area contributed by atoms with Crippen LogP contribution in [0.5, 0.6) is 0 Å². The zero-order chi connectivity index (χ0) is 7.61. The summed E-state index contributed by atoms with van der Waals surface area (Å²) in [4.78, 5) is 0. The molecule has 10 heavy (non-hydrogen) atoms. The lowest BCUT2D eigenvalue weighted by Gasteiger charge is -2.20. The molecule has 1 rings (SSSR count). The van der Waals surface area contributed by atoms with E-state index < -0.39 is 0 Å². The first-order valence-corrected chi connectivity index (χ1v) is 4.10. The van der Waals surface area contributed by atoms with Crippen molar-refractivity contribution in [2.45, 2.75) is 39.5 Å². The predicted octanol–water partition coefficient (Wildman–Crippen LogP) is 2.73. The molecule has 0 aliphatic heterocycles. The molecule has 1 saturated carbocycles. The Morgan fingerprint density at radius 1 is 1.70 bits per heavy atom. The zero-order valence-electron chi connectivity index (χ0n) is 6.85. The summed E-state index contributed by atoms with van der Waals surface area (Å²) in [5.41, 5.74) is 0.487. The van der Waals surface area contributed by atoms with Gasteiger partial charge in [-0.3, -0.25) is 0 Å². The fourth-order valence-corrected chi connectivity index (χ4v) is 1.75. The molecule has 0 aromatic rings. The van der Waals surface area contributed by atoms with E-state index in [2.05, 4.69) is 19.9 Å². The van der Waals surface area contributed by atoms with E-state index in [1.54, 1.807) is 0 Å². The molecule has 56 valence electrons. The van der Waals surface area contributed by atoms with Gasteiger partial charge in [0.25, 0.3) is 0 Å². The highest BCUT2D eigenvalue weighted by Crippen LogP contribution is 2.43. The fraction of sp³-hybridized carbons (Fsp3) is 0.889. The lowest BCUT2D eigenvalue weighted by molar-refractivity contribution is 0.317. The summed E-state index contributed by atoms with van der Waals surface area (Å²) in [5, 5.41) is 8.64. The molecule has 2 atom stereocenters. The van der Waals surface area contributed by atoms with Crippen molar-refractivity contribution in [3.05, 3.63) is 0 Å². The third-order valence-corrected chi connectivity index (χ3v) is 2.87. The predicted molar refractivity (Wildman–Crippen MR) is 41.4 cm³/mol. The second-order valence-electron chi connectivity index (χ2n) is 3.73. The summed E-state index contributed by atoms with van der Waals surface area (Å²) in [5.74, 6) is 0.352. The van der Waals surface area contributed by atoms with Gasteiger partial charge >= 0.3 is 0 Å². The second kappa shape index (κ2) is 2.62. The molecule has 0 spiro atoms. The van der Waals surface area contributed by atoms with Gasteiger partial charge in [0.2, 0.25) is 0 Å². The van der Waals surface area contributed by atoms with Crippen molar-refractivity contribution >= 4 is 0 Å². The van der Waals surface area contributed by atoms with Crippen LogP contribution in [0, 0.1) is 22.7 Å². The van der Waals surface area contributed by atoms with Crippen LogP contribution in [-0.2, 0) is 0 Å². The Morgan fingerprint density at radius 3 is 2.70 bits per heavy atom. The minimum absolute atomic E-state index is 0.352. The van der Waals surface area contributed by atoms with E-state index in [0.29, 0.717) is 11.3 Å². The molecule has 0 bridgehead atoms. The zero-order valence-corrected chi connectivity index (χ0v) is 6.85. The van der Waals surface area contributed by atoms with Crippen LogP contribution in [0.4, 0.5) is 0 Å². The second-order valence-corrected chi connectivity index (χ2v) is 3.73. The Labute approximate surface area is 63.0 Å². The number of rotatable bonds is 1. The van der Waals surface area contributed by atoms with Gasteiger partial charge in [-0.2, -0.15) is 5.26 Å². The molecule has 1 aliphatic rings. The Hall–Kier alpha value is -0.510. The Balaban J connectivity index is 2.51. The van der Waals surface area contributed by atoms with Crippen molar-refractivity contribution in [2.75, 3.05) is 0 Å². The van der Waals surface area contributed by atoms with E-state index in [1.165, 1.54) is 12.8 Å². The number of nitrogens with zero attached hydrogens (tertiary/aromatic N) is 1. The molecule has 1 nitrogen and oxygen atoms in total. The average Bonchev–Trinajstić information content (AvgIpc) is 2.33. The Bertz CT molecular complexity index is 157. The van der Waals surface area contributed by atoms with Crippen LogP contribution in [0.1, 0.15) is 39.5 Å². The Kier molecular flexibility index (Phi) is 1.99. The van der Waals surface area contributed by atoms with E-state index in [4.69, 9.17) is 5.26 Å². The van der Waals surface area contributed by atoms with E-state index in [0.717, 1.165) is 12.8 Å². The third kappa shape index (κ3) is 1.31. The molecular formula is C9H15N. The standard InChI is InChI=1S/C9H15N/c1-3-9(2)5-4-8(6-9)7-10/h8H,3-6H2,1-2H3. The molecule has 0 heterocycles. The summed E-state index contributed by atoms with van der Waals surface area (Å²) >= 11 is 0. The van der Waals surface area contributed by atoms with Gasteiger partial charge in [0.05, 0.1) is 6.07 Å².